The largest absolute Gasteiger partial charge is 0.478 e. The lowest BCUT2D eigenvalue weighted by Gasteiger charge is -1.99. The van der Waals surface area contributed by atoms with Gasteiger partial charge in [0, 0.05) is 18.2 Å². The van der Waals surface area contributed by atoms with Crippen molar-refractivity contribution in [2.45, 2.75) is 6.92 Å². The van der Waals surface area contributed by atoms with E-state index in [1.54, 1.807) is 6.92 Å². The first-order valence-electron chi connectivity index (χ1n) is 3.83. The normalized spacial score (nSPS) is 7.33. The summed E-state index contributed by atoms with van der Waals surface area (Å²) in [6, 6.07) is 0. The lowest BCUT2D eigenvalue weighted by atomic mass is 10.4. The van der Waals surface area contributed by atoms with Gasteiger partial charge in [0.15, 0.2) is 0 Å². The van der Waals surface area contributed by atoms with Gasteiger partial charge in [-0.3, -0.25) is 0 Å². The Morgan fingerprint density at radius 3 is 2.13 bits per heavy atom. The molecule has 0 saturated heterocycles. The first-order valence-corrected chi connectivity index (χ1v) is 3.83. The van der Waals surface area contributed by atoms with Gasteiger partial charge < -0.3 is 21.7 Å². The number of carboxylic acids is 1. The molecule has 0 aliphatic rings. The van der Waals surface area contributed by atoms with Crippen LogP contribution >= 0.6 is 0 Å². The smallest absolute Gasteiger partial charge is 0.333 e. The number of rotatable bonds is 4. The lowest BCUT2D eigenvalue weighted by molar-refractivity contribution is -0.138. The molecule has 0 aliphatic heterocycles. The number of ether oxygens (including phenoxy) is 1. The average molecular weight is 218 g/mol. The molecule has 0 amide bonds. The van der Waals surface area contributed by atoms with Crippen molar-refractivity contribution in [2.24, 2.45) is 5.73 Å². The van der Waals surface area contributed by atoms with Gasteiger partial charge in [-0.05, 0) is 6.92 Å². The molecule has 0 rings (SSSR count). The number of hydrogen-bond donors (Lipinski definition) is 3. The maximum Gasteiger partial charge on any atom is 0.333 e. The van der Waals surface area contributed by atoms with Crippen molar-refractivity contribution in [1.29, 1.82) is 0 Å². The molecule has 0 unspecified atom stereocenters. The standard InChI is InChI=1S/C6H11NO2.C3H4O2.H3N/c1-5(2)6(8)9-4-3-7;1-2-3(4)5;/h1,3-4,7H2,2H3;2H,1H2,(H,4,5);1H3. The molecule has 0 radical (unpaired) electrons. The maximum atomic E-state index is 10.5. The molecule has 0 spiro atoms. The van der Waals surface area contributed by atoms with Gasteiger partial charge in [0.05, 0.1) is 0 Å². The van der Waals surface area contributed by atoms with Crippen LogP contribution in [0.4, 0.5) is 0 Å². The Hall–Kier alpha value is -1.66. The van der Waals surface area contributed by atoms with Gasteiger partial charge in [-0.25, -0.2) is 9.59 Å². The van der Waals surface area contributed by atoms with Gasteiger partial charge >= 0.3 is 11.9 Å². The molecule has 0 saturated carbocycles. The van der Waals surface area contributed by atoms with Crippen molar-refractivity contribution in [1.82, 2.24) is 6.15 Å². The Morgan fingerprint density at radius 2 is 1.93 bits per heavy atom. The summed E-state index contributed by atoms with van der Waals surface area (Å²) in [4.78, 5) is 19.8. The zero-order chi connectivity index (χ0) is 11.6. The van der Waals surface area contributed by atoms with Crippen molar-refractivity contribution in [3.05, 3.63) is 24.8 Å². The Kier molecular flexibility index (Phi) is 15.6. The molecule has 6 heteroatoms. The van der Waals surface area contributed by atoms with Crippen LogP contribution < -0.4 is 11.9 Å². The molecule has 6 nitrogen and oxygen atoms in total. The van der Waals surface area contributed by atoms with Crippen molar-refractivity contribution < 1.29 is 19.4 Å². The summed E-state index contributed by atoms with van der Waals surface area (Å²) in [5, 5.41) is 7.60. The minimum absolute atomic E-state index is 0. The molecule has 6 N–H and O–H groups in total. The van der Waals surface area contributed by atoms with Crippen LogP contribution in [0.1, 0.15) is 6.92 Å². The summed E-state index contributed by atoms with van der Waals surface area (Å²) in [6.07, 6.45) is 0.833. The number of aliphatic carboxylic acids is 1. The van der Waals surface area contributed by atoms with E-state index in [-0.39, 0.29) is 18.7 Å². The Bertz CT molecular complexity index is 226. The van der Waals surface area contributed by atoms with Crippen LogP contribution in [0, 0.1) is 0 Å². The van der Waals surface area contributed by atoms with Crippen LogP contribution in [-0.2, 0) is 14.3 Å². The number of esters is 1. The monoisotopic (exact) mass is 218 g/mol. The fourth-order valence-electron chi connectivity index (χ4n) is 0.275. The van der Waals surface area contributed by atoms with E-state index in [0.717, 1.165) is 6.08 Å². The van der Waals surface area contributed by atoms with Crippen molar-refractivity contribution in [2.75, 3.05) is 13.2 Å². The third-order valence-corrected chi connectivity index (χ3v) is 0.874. The minimum atomic E-state index is -0.981. The predicted molar refractivity (Wildman–Crippen MR) is 57.7 cm³/mol. The van der Waals surface area contributed by atoms with E-state index in [1.807, 2.05) is 0 Å². The molecule has 0 aromatic carbocycles. The molecule has 15 heavy (non-hydrogen) atoms. The fraction of sp³-hybridized carbons (Fsp3) is 0.333. The third kappa shape index (κ3) is 19.0. The number of carbonyl (C=O) groups is 2. The highest BCUT2D eigenvalue weighted by molar-refractivity contribution is 5.86. The zero-order valence-electron chi connectivity index (χ0n) is 8.86. The van der Waals surface area contributed by atoms with Crippen LogP contribution in [0.3, 0.4) is 0 Å². The van der Waals surface area contributed by atoms with Crippen molar-refractivity contribution in [3.8, 4) is 0 Å². The van der Waals surface area contributed by atoms with Crippen molar-refractivity contribution in [3.63, 3.8) is 0 Å². The first-order chi connectivity index (χ1) is 6.45. The molecule has 0 aromatic rings. The van der Waals surface area contributed by atoms with Crippen LogP contribution in [0.2, 0.25) is 0 Å². The van der Waals surface area contributed by atoms with Gasteiger partial charge in [0.1, 0.15) is 6.61 Å². The first kappa shape index (κ1) is 19.0. The molecular weight excluding hydrogens is 200 g/mol. The molecule has 0 aliphatic carbocycles. The molecule has 0 heterocycles. The molecular formula is C9H18N2O4. The summed E-state index contributed by atoms with van der Waals surface area (Å²) in [5.41, 5.74) is 5.48. The SMILES string of the molecule is C=C(C)C(=O)OCCN.C=CC(=O)O.N. The molecule has 0 aromatic heterocycles. The molecule has 88 valence electrons. The second kappa shape index (κ2) is 12.3. The Labute approximate surface area is 89.0 Å². The second-order valence-corrected chi connectivity index (χ2v) is 2.25. The van der Waals surface area contributed by atoms with Gasteiger partial charge in [-0.2, -0.15) is 0 Å². The summed E-state index contributed by atoms with van der Waals surface area (Å²) in [5.74, 6) is -1.36. The van der Waals surface area contributed by atoms with E-state index in [2.05, 4.69) is 17.9 Å². The highest BCUT2D eigenvalue weighted by Gasteiger charge is 1.99. The van der Waals surface area contributed by atoms with Gasteiger partial charge in [0.25, 0.3) is 0 Å². The maximum absolute atomic E-state index is 10.5. The van der Waals surface area contributed by atoms with Crippen molar-refractivity contribution >= 4 is 11.9 Å². The van der Waals surface area contributed by atoms with Gasteiger partial charge in [0.2, 0.25) is 0 Å². The number of carbonyl (C=O) groups excluding carboxylic acids is 1. The Balaban J connectivity index is -0.000000208. The summed E-state index contributed by atoms with van der Waals surface area (Å²) < 4.78 is 4.59. The quantitative estimate of drug-likeness (QED) is 0.465. The van der Waals surface area contributed by atoms with E-state index in [9.17, 15) is 9.59 Å². The molecule has 0 bridgehead atoms. The number of nitrogens with two attached hydrogens (primary N) is 1. The highest BCUT2D eigenvalue weighted by atomic mass is 16.5. The third-order valence-electron chi connectivity index (χ3n) is 0.874. The van der Waals surface area contributed by atoms with E-state index in [0.29, 0.717) is 12.1 Å². The van der Waals surface area contributed by atoms with E-state index >= 15 is 0 Å². The van der Waals surface area contributed by atoms with E-state index in [1.165, 1.54) is 0 Å². The van der Waals surface area contributed by atoms with Gasteiger partial charge in [-0.15, -0.1) is 0 Å². The summed E-state index contributed by atoms with van der Waals surface area (Å²) in [6.45, 7) is 8.58. The van der Waals surface area contributed by atoms with Crippen LogP contribution in [0.5, 0.6) is 0 Å². The zero-order valence-corrected chi connectivity index (χ0v) is 8.86. The number of carboxylic acid groups (broad SMARTS) is 1. The minimum Gasteiger partial charge on any atom is -0.478 e. The Morgan fingerprint density at radius 1 is 1.53 bits per heavy atom. The van der Waals surface area contributed by atoms with Gasteiger partial charge in [-0.1, -0.05) is 13.2 Å². The van der Waals surface area contributed by atoms with E-state index in [4.69, 9.17) is 10.8 Å². The average Bonchev–Trinajstić information content (AvgIpc) is 2.14. The van der Waals surface area contributed by atoms with Crippen LogP contribution in [-0.4, -0.2) is 30.2 Å². The second-order valence-electron chi connectivity index (χ2n) is 2.25. The van der Waals surface area contributed by atoms with E-state index < -0.39 is 5.97 Å². The predicted octanol–water partition coefficient (Wildman–Crippen LogP) is 0.483. The fourth-order valence-corrected chi connectivity index (χ4v) is 0.275. The summed E-state index contributed by atoms with van der Waals surface area (Å²) >= 11 is 0. The molecule has 0 fully saturated rings. The highest BCUT2D eigenvalue weighted by Crippen LogP contribution is 1.89. The molecule has 0 atom stereocenters. The summed E-state index contributed by atoms with van der Waals surface area (Å²) in [7, 11) is 0. The topological polar surface area (TPSA) is 125 Å². The lowest BCUT2D eigenvalue weighted by Crippen LogP contribution is -2.13. The van der Waals surface area contributed by atoms with Crippen LogP contribution in [0.15, 0.2) is 24.8 Å². The number of hydrogen-bond acceptors (Lipinski definition) is 5. The van der Waals surface area contributed by atoms with Crippen LogP contribution in [0.25, 0.3) is 0 Å².